The number of fused-ring (bicyclic) bond motifs is 3. The number of benzene rings is 4. The van der Waals surface area contributed by atoms with Crippen LogP contribution < -0.4 is 5.32 Å². The van der Waals surface area contributed by atoms with E-state index in [0.29, 0.717) is 6.42 Å². The lowest BCUT2D eigenvalue weighted by atomic mass is 9.81. The molecule has 0 aromatic heterocycles. The number of rotatable bonds is 2. The third-order valence-electron chi connectivity index (χ3n) is 5.40. The van der Waals surface area contributed by atoms with Crippen LogP contribution in [0.15, 0.2) is 91.0 Å². The van der Waals surface area contributed by atoms with Crippen LogP contribution in [-0.4, -0.2) is 5.91 Å². The minimum absolute atomic E-state index is 0.0738. The van der Waals surface area contributed by atoms with E-state index in [1.54, 1.807) is 0 Å². The standard InChI is InChI=1S/C25H19NO/c27-24-16-22(20-12-10-18(11-13-20)17-6-2-1-3-7-17)25-21-9-5-4-8-19(21)14-15-23(25)26-24/h1-15,22H,16H2,(H,26,27)/t22-/m0/s1. The number of carbonyl (C=O) groups excluding carboxylic acids is 1. The maximum atomic E-state index is 12.3. The van der Waals surface area contributed by atoms with Gasteiger partial charge in [-0.05, 0) is 39.1 Å². The molecular weight excluding hydrogens is 330 g/mol. The number of nitrogens with one attached hydrogen (secondary N) is 1. The monoisotopic (exact) mass is 349 g/mol. The molecule has 4 aromatic carbocycles. The van der Waals surface area contributed by atoms with Gasteiger partial charge in [0.05, 0.1) is 0 Å². The van der Waals surface area contributed by atoms with Gasteiger partial charge >= 0.3 is 0 Å². The first-order valence-electron chi connectivity index (χ1n) is 9.26. The van der Waals surface area contributed by atoms with Gasteiger partial charge in [0.2, 0.25) is 5.91 Å². The van der Waals surface area contributed by atoms with Crippen LogP contribution in [0.4, 0.5) is 5.69 Å². The normalized spacial score (nSPS) is 16.0. The molecule has 130 valence electrons. The van der Waals surface area contributed by atoms with Gasteiger partial charge in [-0.2, -0.15) is 0 Å². The zero-order valence-corrected chi connectivity index (χ0v) is 14.9. The molecule has 1 N–H and O–H groups in total. The molecule has 0 aliphatic carbocycles. The minimum atomic E-state index is 0.0738. The summed E-state index contributed by atoms with van der Waals surface area (Å²) in [5, 5.41) is 5.47. The Morgan fingerprint density at radius 2 is 1.41 bits per heavy atom. The van der Waals surface area contributed by atoms with Crippen molar-refractivity contribution in [2.24, 2.45) is 0 Å². The minimum Gasteiger partial charge on any atom is -0.326 e. The van der Waals surface area contributed by atoms with Crippen LogP contribution in [0.1, 0.15) is 23.5 Å². The van der Waals surface area contributed by atoms with E-state index in [1.807, 2.05) is 12.1 Å². The number of amides is 1. The van der Waals surface area contributed by atoms with Crippen molar-refractivity contribution in [1.29, 1.82) is 0 Å². The predicted octanol–water partition coefficient (Wildman–Crippen LogP) is 5.98. The van der Waals surface area contributed by atoms with Crippen LogP contribution in [-0.2, 0) is 4.79 Å². The van der Waals surface area contributed by atoms with Gasteiger partial charge in [-0.25, -0.2) is 0 Å². The average molecular weight is 349 g/mol. The van der Waals surface area contributed by atoms with E-state index in [4.69, 9.17) is 0 Å². The summed E-state index contributed by atoms with van der Waals surface area (Å²) in [6.45, 7) is 0. The Kier molecular flexibility index (Phi) is 3.75. The second kappa shape index (κ2) is 6.40. The Balaban J connectivity index is 1.62. The van der Waals surface area contributed by atoms with E-state index in [1.165, 1.54) is 33.0 Å². The zero-order chi connectivity index (χ0) is 18.2. The summed E-state index contributed by atoms with van der Waals surface area (Å²) in [4.78, 5) is 12.3. The number of hydrogen-bond donors (Lipinski definition) is 1. The van der Waals surface area contributed by atoms with Crippen molar-refractivity contribution in [2.45, 2.75) is 12.3 Å². The quantitative estimate of drug-likeness (QED) is 0.474. The third kappa shape index (κ3) is 2.80. The molecule has 0 fully saturated rings. The first-order chi connectivity index (χ1) is 13.3. The Bertz CT molecular complexity index is 1130. The molecular formula is C25H19NO. The molecule has 5 rings (SSSR count). The molecule has 0 saturated heterocycles. The van der Waals surface area contributed by atoms with E-state index >= 15 is 0 Å². The van der Waals surface area contributed by atoms with Gasteiger partial charge in [0.25, 0.3) is 0 Å². The van der Waals surface area contributed by atoms with Crippen LogP contribution in [0.3, 0.4) is 0 Å². The molecule has 4 aromatic rings. The summed E-state index contributed by atoms with van der Waals surface area (Å²) >= 11 is 0. The SMILES string of the molecule is O=C1C[C@@H](c2ccc(-c3ccccc3)cc2)c2c(ccc3ccccc23)N1. The van der Waals surface area contributed by atoms with Crippen molar-refractivity contribution >= 4 is 22.4 Å². The maximum absolute atomic E-state index is 12.3. The summed E-state index contributed by atoms with van der Waals surface area (Å²) in [6.07, 6.45) is 0.478. The predicted molar refractivity (Wildman–Crippen MR) is 111 cm³/mol. The molecule has 2 heteroatoms. The van der Waals surface area contributed by atoms with Crippen LogP contribution in [0.5, 0.6) is 0 Å². The highest BCUT2D eigenvalue weighted by Gasteiger charge is 2.28. The third-order valence-corrected chi connectivity index (χ3v) is 5.40. The highest BCUT2D eigenvalue weighted by Crippen LogP contribution is 2.41. The lowest BCUT2D eigenvalue weighted by Crippen LogP contribution is -2.23. The van der Waals surface area contributed by atoms with Crippen LogP contribution in [0.25, 0.3) is 21.9 Å². The molecule has 0 unspecified atom stereocenters. The summed E-state index contributed by atoms with van der Waals surface area (Å²) in [6, 6.07) is 31.5. The maximum Gasteiger partial charge on any atom is 0.225 e. The molecule has 1 atom stereocenters. The fourth-order valence-corrected chi connectivity index (χ4v) is 4.09. The van der Waals surface area contributed by atoms with Crippen molar-refractivity contribution in [2.75, 3.05) is 5.32 Å². The molecule has 1 aliphatic rings. The fourth-order valence-electron chi connectivity index (χ4n) is 4.09. The van der Waals surface area contributed by atoms with E-state index < -0.39 is 0 Å². The molecule has 1 amide bonds. The highest BCUT2D eigenvalue weighted by atomic mass is 16.1. The summed E-state index contributed by atoms with van der Waals surface area (Å²) in [5.41, 5.74) is 5.73. The molecule has 27 heavy (non-hydrogen) atoms. The topological polar surface area (TPSA) is 29.1 Å². The van der Waals surface area contributed by atoms with E-state index in [9.17, 15) is 4.79 Å². The first-order valence-corrected chi connectivity index (χ1v) is 9.26. The Hall–Kier alpha value is -3.39. The lowest BCUT2D eigenvalue weighted by molar-refractivity contribution is -0.116. The van der Waals surface area contributed by atoms with Crippen molar-refractivity contribution in [3.8, 4) is 11.1 Å². The Morgan fingerprint density at radius 1 is 0.704 bits per heavy atom. The Labute approximate surface area is 158 Å². The smallest absolute Gasteiger partial charge is 0.225 e. The van der Waals surface area contributed by atoms with Gasteiger partial charge in [0.1, 0.15) is 0 Å². The van der Waals surface area contributed by atoms with Crippen molar-refractivity contribution < 1.29 is 4.79 Å². The highest BCUT2D eigenvalue weighted by molar-refractivity contribution is 6.01. The number of hydrogen-bond acceptors (Lipinski definition) is 1. The number of anilines is 1. The van der Waals surface area contributed by atoms with E-state index in [-0.39, 0.29) is 11.8 Å². The molecule has 2 nitrogen and oxygen atoms in total. The van der Waals surface area contributed by atoms with E-state index in [2.05, 4.69) is 84.2 Å². The second-order valence-corrected chi connectivity index (χ2v) is 7.04. The van der Waals surface area contributed by atoms with Gasteiger partial charge in [0.15, 0.2) is 0 Å². The van der Waals surface area contributed by atoms with Crippen LogP contribution >= 0.6 is 0 Å². The fraction of sp³-hybridized carbons (Fsp3) is 0.0800. The molecule has 0 radical (unpaired) electrons. The van der Waals surface area contributed by atoms with Crippen molar-refractivity contribution in [3.05, 3.63) is 102 Å². The van der Waals surface area contributed by atoms with Gasteiger partial charge in [-0.1, -0.05) is 84.9 Å². The molecule has 1 aliphatic heterocycles. The van der Waals surface area contributed by atoms with Gasteiger partial charge in [-0.15, -0.1) is 0 Å². The van der Waals surface area contributed by atoms with Gasteiger partial charge in [-0.3, -0.25) is 4.79 Å². The second-order valence-electron chi connectivity index (χ2n) is 7.04. The number of carbonyl (C=O) groups is 1. The van der Waals surface area contributed by atoms with Gasteiger partial charge in [0, 0.05) is 18.0 Å². The summed E-state index contributed by atoms with van der Waals surface area (Å²) in [5.74, 6) is 0.152. The molecule has 1 heterocycles. The average Bonchev–Trinajstić information content (AvgIpc) is 2.73. The summed E-state index contributed by atoms with van der Waals surface area (Å²) < 4.78 is 0. The van der Waals surface area contributed by atoms with Crippen LogP contribution in [0.2, 0.25) is 0 Å². The van der Waals surface area contributed by atoms with Crippen molar-refractivity contribution in [1.82, 2.24) is 0 Å². The first kappa shape index (κ1) is 15.8. The molecule has 0 spiro atoms. The largest absolute Gasteiger partial charge is 0.326 e. The van der Waals surface area contributed by atoms with E-state index in [0.717, 1.165) is 5.69 Å². The Morgan fingerprint density at radius 3 is 2.22 bits per heavy atom. The summed E-state index contributed by atoms with van der Waals surface area (Å²) in [7, 11) is 0. The zero-order valence-electron chi connectivity index (χ0n) is 14.9. The lowest BCUT2D eigenvalue weighted by Gasteiger charge is -2.27. The molecule has 0 bridgehead atoms. The van der Waals surface area contributed by atoms with Crippen LogP contribution in [0, 0.1) is 0 Å². The van der Waals surface area contributed by atoms with Gasteiger partial charge < -0.3 is 5.32 Å². The molecule has 0 saturated carbocycles. The van der Waals surface area contributed by atoms with Crippen molar-refractivity contribution in [3.63, 3.8) is 0 Å².